The first-order valence-corrected chi connectivity index (χ1v) is 5.27. The molecular weight excluding hydrogens is 228 g/mol. The molecule has 3 aromatic rings. The number of rotatable bonds is 2. The van der Waals surface area contributed by atoms with Crippen LogP contribution in [0, 0.1) is 0 Å². The van der Waals surface area contributed by atoms with E-state index < -0.39 is 0 Å². The highest BCUT2D eigenvalue weighted by molar-refractivity contribution is 6.16. The smallest absolute Gasteiger partial charge is 0.241 e. The zero-order valence-corrected chi connectivity index (χ0v) is 8.94. The summed E-state index contributed by atoms with van der Waals surface area (Å²) in [6.07, 6.45) is 1.62. The quantitative estimate of drug-likeness (QED) is 0.639. The molecule has 0 aliphatic carbocycles. The van der Waals surface area contributed by atoms with E-state index in [0.717, 1.165) is 16.5 Å². The van der Waals surface area contributed by atoms with E-state index in [9.17, 15) is 0 Å². The summed E-state index contributed by atoms with van der Waals surface area (Å²) in [5.41, 5.74) is 1.62. The average molecular weight is 235 g/mol. The molecule has 0 aliphatic heterocycles. The van der Waals surface area contributed by atoms with E-state index in [4.69, 9.17) is 20.5 Å². The van der Waals surface area contributed by atoms with Crippen molar-refractivity contribution < 1.29 is 8.94 Å². The Bertz CT molecular complexity index is 629. The Kier molecular flexibility index (Phi) is 2.15. The van der Waals surface area contributed by atoms with Crippen LogP contribution >= 0.6 is 11.6 Å². The van der Waals surface area contributed by atoms with E-state index >= 15 is 0 Å². The van der Waals surface area contributed by atoms with Crippen LogP contribution in [-0.2, 0) is 5.88 Å². The van der Waals surface area contributed by atoms with Crippen LogP contribution in [0.25, 0.3) is 22.4 Å². The second-order valence-corrected chi connectivity index (χ2v) is 3.56. The molecule has 0 radical (unpaired) electrons. The molecule has 0 saturated carbocycles. The van der Waals surface area contributed by atoms with Crippen molar-refractivity contribution in [3.8, 4) is 11.4 Å². The lowest BCUT2D eigenvalue weighted by atomic mass is 10.2. The van der Waals surface area contributed by atoms with Crippen LogP contribution in [0.15, 0.2) is 39.5 Å². The van der Waals surface area contributed by atoms with Gasteiger partial charge in [-0.3, -0.25) is 0 Å². The first kappa shape index (κ1) is 9.42. The van der Waals surface area contributed by atoms with Gasteiger partial charge in [0, 0.05) is 5.39 Å². The van der Waals surface area contributed by atoms with Gasteiger partial charge in [-0.05, 0) is 6.07 Å². The van der Waals surface area contributed by atoms with Gasteiger partial charge < -0.3 is 8.94 Å². The topological polar surface area (TPSA) is 52.1 Å². The predicted octanol–water partition coefficient (Wildman–Crippen LogP) is 3.22. The number of fused-ring (bicyclic) bond motifs is 1. The standard InChI is InChI=1S/C11H7ClN2O2/c12-5-10-13-11(14-16-10)8-6-15-9-4-2-1-3-7(8)9/h1-4,6H,5H2. The summed E-state index contributed by atoms with van der Waals surface area (Å²) >= 11 is 5.60. The van der Waals surface area contributed by atoms with Crippen LogP contribution in [0.5, 0.6) is 0 Å². The number of hydrogen-bond donors (Lipinski definition) is 0. The van der Waals surface area contributed by atoms with Crippen LogP contribution in [-0.4, -0.2) is 10.1 Å². The van der Waals surface area contributed by atoms with Crippen molar-refractivity contribution in [2.24, 2.45) is 0 Å². The van der Waals surface area contributed by atoms with Crippen molar-refractivity contribution in [2.45, 2.75) is 5.88 Å². The van der Waals surface area contributed by atoms with Gasteiger partial charge in [-0.15, -0.1) is 11.6 Å². The number of para-hydroxylation sites is 1. The van der Waals surface area contributed by atoms with Crippen molar-refractivity contribution in [1.29, 1.82) is 0 Å². The monoisotopic (exact) mass is 234 g/mol. The number of furan rings is 1. The number of alkyl halides is 1. The van der Waals surface area contributed by atoms with Gasteiger partial charge in [0.15, 0.2) is 0 Å². The van der Waals surface area contributed by atoms with Crippen molar-refractivity contribution in [3.05, 3.63) is 36.4 Å². The number of hydrogen-bond acceptors (Lipinski definition) is 4. The first-order chi connectivity index (χ1) is 7.88. The van der Waals surface area contributed by atoms with Crippen LogP contribution < -0.4 is 0 Å². The summed E-state index contributed by atoms with van der Waals surface area (Å²) in [5, 5.41) is 4.81. The van der Waals surface area contributed by atoms with Crippen molar-refractivity contribution in [3.63, 3.8) is 0 Å². The lowest BCUT2D eigenvalue weighted by molar-refractivity contribution is 0.391. The minimum absolute atomic E-state index is 0.211. The third kappa shape index (κ3) is 1.39. The van der Waals surface area contributed by atoms with Gasteiger partial charge in [-0.1, -0.05) is 23.4 Å². The summed E-state index contributed by atoms with van der Waals surface area (Å²) in [6, 6.07) is 7.69. The molecule has 0 N–H and O–H groups in total. The van der Waals surface area contributed by atoms with Crippen LogP contribution in [0.4, 0.5) is 0 Å². The second kappa shape index (κ2) is 3.64. The summed E-state index contributed by atoms with van der Waals surface area (Å²) in [4.78, 5) is 4.15. The molecule has 0 unspecified atom stereocenters. The molecule has 16 heavy (non-hydrogen) atoms. The SMILES string of the molecule is ClCc1nc(-c2coc3ccccc23)no1. The highest BCUT2D eigenvalue weighted by Gasteiger charge is 2.13. The Labute approximate surface area is 95.8 Å². The minimum Gasteiger partial charge on any atom is -0.464 e. The molecule has 0 fully saturated rings. The molecular formula is C11H7ClN2O2. The molecule has 4 nitrogen and oxygen atoms in total. The van der Waals surface area contributed by atoms with Gasteiger partial charge in [0.05, 0.1) is 5.56 Å². The van der Waals surface area contributed by atoms with Crippen molar-refractivity contribution in [1.82, 2.24) is 10.1 Å². The van der Waals surface area contributed by atoms with Crippen molar-refractivity contribution in [2.75, 3.05) is 0 Å². The summed E-state index contributed by atoms with van der Waals surface area (Å²) < 4.78 is 10.3. The van der Waals surface area contributed by atoms with E-state index in [-0.39, 0.29) is 5.88 Å². The Morgan fingerprint density at radius 2 is 2.12 bits per heavy atom. The Hall–Kier alpha value is -1.81. The molecule has 80 valence electrons. The fraction of sp³-hybridized carbons (Fsp3) is 0.0909. The maximum atomic E-state index is 5.60. The average Bonchev–Trinajstić information content (AvgIpc) is 2.94. The Morgan fingerprint density at radius 3 is 2.94 bits per heavy atom. The van der Waals surface area contributed by atoms with Gasteiger partial charge in [0.2, 0.25) is 11.7 Å². The molecule has 0 bridgehead atoms. The molecule has 0 saturated heterocycles. The van der Waals surface area contributed by atoms with Crippen LogP contribution in [0.2, 0.25) is 0 Å². The predicted molar refractivity (Wildman–Crippen MR) is 59.1 cm³/mol. The number of halogens is 1. The van der Waals surface area contributed by atoms with E-state index in [1.165, 1.54) is 0 Å². The van der Waals surface area contributed by atoms with Gasteiger partial charge in [0.25, 0.3) is 0 Å². The molecule has 5 heteroatoms. The van der Waals surface area contributed by atoms with E-state index in [1.54, 1.807) is 6.26 Å². The largest absolute Gasteiger partial charge is 0.464 e. The zero-order chi connectivity index (χ0) is 11.0. The summed E-state index contributed by atoms with van der Waals surface area (Å²) in [6.45, 7) is 0. The lowest BCUT2D eigenvalue weighted by Crippen LogP contribution is -1.79. The third-order valence-electron chi connectivity index (χ3n) is 2.30. The fourth-order valence-electron chi connectivity index (χ4n) is 1.57. The van der Waals surface area contributed by atoms with E-state index in [1.807, 2.05) is 24.3 Å². The molecule has 0 spiro atoms. The normalized spacial score (nSPS) is 11.1. The Balaban J connectivity index is 2.18. The fourth-order valence-corrected chi connectivity index (χ4v) is 1.68. The maximum Gasteiger partial charge on any atom is 0.241 e. The van der Waals surface area contributed by atoms with Crippen molar-refractivity contribution >= 4 is 22.6 Å². The van der Waals surface area contributed by atoms with Gasteiger partial charge >= 0.3 is 0 Å². The molecule has 3 rings (SSSR count). The minimum atomic E-state index is 0.211. The maximum absolute atomic E-state index is 5.60. The van der Waals surface area contributed by atoms with Crippen LogP contribution in [0.3, 0.4) is 0 Å². The highest BCUT2D eigenvalue weighted by Crippen LogP contribution is 2.28. The summed E-state index contributed by atoms with van der Waals surface area (Å²) in [7, 11) is 0. The Morgan fingerprint density at radius 1 is 1.25 bits per heavy atom. The van der Waals surface area contributed by atoms with Gasteiger partial charge in [-0.25, -0.2) is 0 Å². The summed E-state index contributed by atoms with van der Waals surface area (Å²) in [5.74, 6) is 1.12. The number of nitrogens with zero attached hydrogens (tertiary/aromatic N) is 2. The molecule has 0 aliphatic rings. The van der Waals surface area contributed by atoms with E-state index in [2.05, 4.69) is 10.1 Å². The molecule has 0 atom stereocenters. The third-order valence-corrected chi connectivity index (χ3v) is 2.53. The lowest BCUT2D eigenvalue weighted by Gasteiger charge is -1.88. The zero-order valence-electron chi connectivity index (χ0n) is 8.18. The highest BCUT2D eigenvalue weighted by atomic mass is 35.5. The molecule has 0 amide bonds. The number of benzene rings is 1. The molecule has 1 aromatic carbocycles. The van der Waals surface area contributed by atoms with Gasteiger partial charge in [-0.2, -0.15) is 4.98 Å². The first-order valence-electron chi connectivity index (χ1n) is 4.73. The van der Waals surface area contributed by atoms with Crippen LogP contribution in [0.1, 0.15) is 5.89 Å². The second-order valence-electron chi connectivity index (χ2n) is 3.29. The molecule has 2 aromatic heterocycles. The number of aromatic nitrogens is 2. The van der Waals surface area contributed by atoms with Gasteiger partial charge in [0.1, 0.15) is 17.7 Å². The molecule has 2 heterocycles. The van der Waals surface area contributed by atoms with E-state index in [0.29, 0.717) is 11.7 Å².